The molecule has 1 aromatic heterocycles. The maximum absolute atomic E-state index is 12.9. The third-order valence-electron chi connectivity index (χ3n) is 4.35. The Labute approximate surface area is 175 Å². The standard InChI is InChI=1S/C17H23N5O5S2/c1-16(2,3)27-21-8(7-6-28-15(18)19-7)11(23)20-9-12(24)22-10(14(25)26)17(4,5)29-13(9)22/h6,9-10,13H,1-5H3,(H2,18,19)(H,20,23)(H,25,26)/b21-8-/t9-,10+,13-/m1/s1. The number of thiazole rings is 1. The summed E-state index contributed by atoms with van der Waals surface area (Å²) >= 11 is 2.49. The van der Waals surface area contributed by atoms with E-state index >= 15 is 0 Å². The fourth-order valence-electron chi connectivity index (χ4n) is 3.14. The summed E-state index contributed by atoms with van der Waals surface area (Å²) in [4.78, 5) is 47.8. The topological polar surface area (TPSA) is 147 Å². The quantitative estimate of drug-likeness (QED) is 0.346. The van der Waals surface area contributed by atoms with E-state index in [1.54, 1.807) is 40.0 Å². The Balaban J connectivity index is 1.81. The van der Waals surface area contributed by atoms with Gasteiger partial charge in [0.15, 0.2) is 10.8 Å². The molecule has 0 aromatic carbocycles. The summed E-state index contributed by atoms with van der Waals surface area (Å²) in [6.07, 6.45) is 0. The second-order valence-electron chi connectivity index (χ2n) is 8.26. The molecule has 10 nitrogen and oxygen atoms in total. The number of nitrogens with one attached hydrogen (secondary N) is 1. The van der Waals surface area contributed by atoms with Crippen molar-refractivity contribution in [2.75, 3.05) is 5.73 Å². The Morgan fingerprint density at radius 1 is 1.41 bits per heavy atom. The van der Waals surface area contributed by atoms with E-state index in [1.807, 2.05) is 0 Å². The third kappa shape index (κ3) is 4.04. The first-order chi connectivity index (χ1) is 13.3. The van der Waals surface area contributed by atoms with Gasteiger partial charge < -0.3 is 25.9 Å². The molecule has 158 valence electrons. The molecule has 3 atom stereocenters. The fourth-order valence-corrected chi connectivity index (χ4v) is 5.31. The minimum absolute atomic E-state index is 0.101. The number of β-lactam (4-membered cyclic amide) rings is 1. The highest BCUT2D eigenvalue weighted by Crippen LogP contribution is 2.50. The highest BCUT2D eigenvalue weighted by molar-refractivity contribution is 8.01. The first-order valence-corrected chi connectivity index (χ1v) is 10.6. The molecule has 0 saturated carbocycles. The highest BCUT2D eigenvalue weighted by Gasteiger charge is 2.64. The molecule has 2 aliphatic rings. The van der Waals surface area contributed by atoms with Crippen LogP contribution in [0.2, 0.25) is 0 Å². The molecule has 2 fully saturated rings. The van der Waals surface area contributed by atoms with Crippen LogP contribution in [0.25, 0.3) is 0 Å². The van der Waals surface area contributed by atoms with Crippen molar-refractivity contribution in [3.05, 3.63) is 11.1 Å². The minimum Gasteiger partial charge on any atom is -0.480 e. The van der Waals surface area contributed by atoms with Gasteiger partial charge in [0.1, 0.15) is 28.8 Å². The summed E-state index contributed by atoms with van der Waals surface area (Å²) in [7, 11) is 0. The average Bonchev–Trinajstić information content (AvgIpc) is 3.10. The second-order valence-corrected chi connectivity index (χ2v) is 10.9. The number of nitrogen functional groups attached to an aromatic ring is 1. The zero-order valence-electron chi connectivity index (χ0n) is 16.6. The van der Waals surface area contributed by atoms with Gasteiger partial charge in [0.2, 0.25) is 5.91 Å². The van der Waals surface area contributed by atoms with Crippen LogP contribution in [0.1, 0.15) is 40.3 Å². The van der Waals surface area contributed by atoms with Gasteiger partial charge in [-0.1, -0.05) is 5.16 Å². The number of thioether (sulfide) groups is 1. The van der Waals surface area contributed by atoms with Crippen molar-refractivity contribution in [1.82, 2.24) is 15.2 Å². The Hall–Kier alpha value is -2.34. The van der Waals surface area contributed by atoms with E-state index in [0.29, 0.717) is 0 Å². The molecule has 0 aliphatic carbocycles. The lowest BCUT2D eigenvalue weighted by atomic mass is 9.96. The molecule has 0 spiro atoms. The van der Waals surface area contributed by atoms with E-state index in [-0.39, 0.29) is 16.5 Å². The van der Waals surface area contributed by atoms with Crippen LogP contribution in [0, 0.1) is 0 Å². The molecule has 29 heavy (non-hydrogen) atoms. The van der Waals surface area contributed by atoms with E-state index in [4.69, 9.17) is 10.6 Å². The number of carbonyl (C=O) groups excluding carboxylic acids is 2. The van der Waals surface area contributed by atoms with E-state index in [1.165, 1.54) is 16.7 Å². The van der Waals surface area contributed by atoms with E-state index in [0.717, 1.165) is 11.3 Å². The van der Waals surface area contributed by atoms with Gasteiger partial charge in [0, 0.05) is 10.1 Å². The lowest BCUT2D eigenvalue weighted by Gasteiger charge is -2.43. The number of aromatic nitrogens is 1. The predicted molar refractivity (Wildman–Crippen MR) is 110 cm³/mol. The van der Waals surface area contributed by atoms with Gasteiger partial charge >= 0.3 is 5.97 Å². The first-order valence-electron chi connectivity index (χ1n) is 8.83. The van der Waals surface area contributed by atoms with Crippen molar-refractivity contribution in [3.63, 3.8) is 0 Å². The lowest BCUT2D eigenvalue weighted by molar-refractivity contribution is -0.160. The Bertz CT molecular complexity index is 891. The molecule has 0 bridgehead atoms. The van der Waals surface area contributed by atoms with Crippen LogP contribution in [-0.2, 0) is 19.2 Å². The molecule has 4 N–H and O–H groups in total. The first kappa shape index (κ1) is 21.4. The SMILES string of the molecule is CC(C)(C)O/N=C(\C(=O)N[C@@H]1C(=O)N2[C@@H]1SC(C)(C)[C@@H]2C(=O)O)c1csc(N)n1. The molecule has 3 heterocycles. The highest BCUT2D eigenvalue weighted by atomic mass is 32.2. The normalized spacial score (nSPS) is 26.0. The average molecular weight is 442 g/mol. The van der Waals surface area contributed by atoms with E-state index in [9.17, 15) is 19.5 Å². The van der Waals surface area contributed by atoms with Crippen LogP contribution in [-0.4, -0.2) is 66.3 Å². The fraction of sp³-hybridized carbons (Fsp3) is 0.588. The van der Waals surface area contributed by atoms with Crippen LogP contribution < -0.4 is 11.1 Å². The number of carbonyl (C=O) groups is 3. The van der Waals surface area contributed by atoms with Crippen molar-refractivity contribution in [2.24, 2.45) is 5.16 Å². The van der Waals surface area contributed by atoms with Crippen LogP contribution >= 0.6 is 23.1 Å². The molecule has 2 saturated heterocycles. The molecular weight excluding hydrogens is 418 g/mol. The lowest BCUT2D eigenvalue weighted by Crippen LogP contribution is -2.71. The Kier molecular flexibility index (Phi) is 5.28. The van der Waals surface area contributed by atoms with Gasteiger partial charge in [-0.25, -0.2) is 9.78 Å². The number of fused-ring (bicyclic) bond motifs is 1. The van der Waals surface area contributed by atoms with Gasteiger partial charge in [-0.3, -0.25) is 9.59 Å². The summed E-state index contributed by atoms with van der Waals surface area (Å²) in [6, 6.07) is -1.80. The molecule has 2 amide bonds. The zero-order chi connectivity index (χ0) is 21.7. The minimum atomic E-state index is -1.07. The van der Waals surface area contributed by atoms with Crippen molar-refractivity contribution in [3.8, 4) is 0 Å². The molecule has 12 heteroatoms. The smallest absolute Gasteiger partial charge is 0.327 e. The number of amides is 2. The van der Waals surface area contributed by atoms with Crippen molar-refractivity contribution in [2.45, 2.75) is 62.4 Å². The molecule has 1 aromatic rings. The number of hydrogen-bond donors (Lipinski definition) is 3. The Morgan fingerprint density at radius 2 is 2.07 bits per heavy atom. The summed E-state index contributed by atoms with van der Waals surface area (Å²) in [6.45, 7) is 8.86. The number of nitrogens with two attached hydrogens (primary N) is 1. The molecule has 0 unspecified atom stereocenters. The Morgan fingerprint density at radius 3 is 2.59 bits per heavy atom. The van der Waals surface area contributed by atoms with Crippen molar-refractivity contribution in [1.29, 1.82) is 0 Å². The largest absolute Gasteiger partial charge is 0.480 e. The van der Waals surface area contributed by atoms with Gasteiger partial charge in [0.05, 0.1) is 0 Å². The summed E-state index contributed by atoms with van der Waals surface area (Å²) in [5.74, 6) is -2.15. The molecule has 0 radical (unpaired) electrons. The number of anilines is 1. The van der Waals surface area contributed by atoms with Gasteiger partial charge in [-0.15, -0.1) is 23.1 Å². The number of rotatable bonds is 5. The number of carboxylic acids is 1. The number of hydrogen-bond acceptors (Lipinski definition) is 9. The van der Waals surface area contributed by atoms with Gasteiger partial charge in [0.25, 0.3) is 5.91 Å². The van der Waals surface area contributed by atoms with Gasteiger partial charge in [-0.2, -0.15) is 0 Å². The summed E-state index contributed by atoms with van der Waals surface area (Å²) in [5, 5.41) is 17.5. The maximum atomic E-state index is 12.9. The zero-order valence-corrected chi connectivity index (χ0v) is 18.3. The van der Waals surface area contributed by atoms with Crippen LogP contribution in [0.15, 0.2) is 10.5 Å². The predicted octanol–water partition coefficient (Wildman–Crippen LogP) is 0.876. The number of aliphatic carboxylic acids is 1. The maximum Gasteiger partial charge on any atom is 0.327 e. The third-order valence-corrected chi connectivity index (χ3v) is 6.60. The monoisotopic (exact) mass is 441 g/mol. The number of nitrogens with zero attached hydrogens (tertiary/aromatic N) is 3. The van der Waals surface area contributed by atoms with Crippen molar-refractivity contribution < 1.29 is 24.3 Å². The van der Waals surface area contributed by atoms with Crippen LogP contribution in [0.4, 0.5) is 5.13 Å². The second kappa shape index (κ2) is 7.17. The number of oxime groups is 1. The molecule has 3 rings (SSSR count). The summed E-state index contributed by atoms with van der Waals surface area (Å²) in [5.41, 5.74) is 5.16. The number of carboxylic acid groups (broad SMARTS) is 1. The van der Waals surface area contributed by atoms with E-state index in [2.05, 4.69) is 15.5 Å². The molecule has 2 aliphatic heterocycles. The van der Waals surface area contributed by atoms with Crippen molar-refractivity contribution >= 4 is 51.7 Å². The van der Waals surface area contributed by atoms with Gasteiger partial charge in [-0.05, 0) is 34.6 Å². The summed E-state index contributed by atoms with van der Waals surface area (Å²) < 4.78 is -0.679. The van der Waals surface area contributed by atoms with Crippen LogP contribution in [0.3, 0.4) is 0 Å². The molecular formula is C17H23N5O5S2. The van der Waals surface area contributed by atoms with Crippen LogP contribution in [0.5, 0.6) is 0 Å². The van der Waals surface area contributed by atoms with E-state index < -0.39 is 45.6 Å².